The topological polar surface area (TPSA) is 12.4 Å². The van der Waals surface area contributed by atoms with Crippen LogP contribution in [-0.2, 0) is 0 Å². The van der Waals surface area contributed by atoms with E-state index < -0.39 is 0 Å². The van der Waals surface area contributed by atoms with Crippen LogP contribution in [0.1, 0.15) is 33.1 Å². The molecule has 2 radical (unpaired) electrons. The van der Waals surface area contributed by atoms with Crippen molar-refractivity contribution in [2.24, 2.45) is 4.99 Å². The minimum Gasteiger partial charge on any atom is -0.289 e. The average Bonchev–Trinajstić information content (AvgIpc) is 1.89. The van der Waals surface area contributed by atoms with Crippen molar-refractivity contribution in [3.63, 3.8) is 0 Å². The molecule has 0 amide bonds. The second kappa shape index (κ2) is 5.80. The quantitative estimate of drug-likeness (QED) is 0.404. The molecule has 52 valence electrons. The fourth-order valence-corrected chi connectivity index (χ4v) is 0.403. The second-order valence-corrected chi connectivity index (χ2v) is 2.04. The third kappa shape index (κ3) is 5.54. The summed E-state index contributed by atoms with van der Waals surface area (Å²) in [6.45, 7) is 9.79. The molecule has 0 saturated carbocycles. The van der Waals surface area contributed by atoms with Crippen molar-refractivity contribution in [1.82, 2.24) is 0 Å². The molecule has 9 heavy (non-hydrogen) atoms. The molecule has 0 bridgehead atoms. The van der Waals surface area contributed by atoms with E-state index in [1.165, 1.54) is 5.71 Å². The molecule has 0 aliphatic rings. The molecule has 0 saturated heterocycles. The first-order valence-corrected chi connectivity index (χ1v) is 3.45. The predicted octanol–water partition coefficient (Wildman–Crippen LogP) is 2.63. The van der Waals surface area contributed by atoms with Gasteiger partial charge in [-0.1, -0.05) is 20.3 Å². The molecule has 0 N–H and O–H groups in total. The molecule has 0 aromatic rings. The summed E-state index contributed by atoms with van der Waals surface area (Å²) < 4.78 is 0. The standard InChI is InChI=1S/C8H15N/c1-4-6-7-9-8(3)5-2/h7H,1,4-6H2,2-3H3. The minimum atomic E-state index is 0.945. The van der Waals surface area contributed by atoms with Crippen molar-refractivity contribution in [3.8, 4) is 0 Å². The molecule has 0 spiro atoms. The van der Waals surface area contributed by atoms with Gasteiger partial charge in [0.2, 0.25) is 0 Å². The summed E-state index contributed by atoms with van der Waals surface area (Å²) >= 11 is 0. The third-order valence-corrected chi connectivity index (χ3v) is 1.16. The summed E-state index contributed by atoms with van der Waals surface area (Å²) in [4.78, 5) is 4.18. The van der Waals surface area contributed by atoms with Crippen LogP contribution in [0.4, 0.5) is 0 Å². The third-order valence-electron chi connectivity index (χ3n) is 1.16. The highest BCUT2D eigenvalue weighted by molar-refractivity contribution is 5.81. The van der Waals surface area contributed by atoms with E-state index in [2.05, 4.69) is 18.8 Å². The largest absolute Gasteiger partial charge is 0.289 e. The summed E-state index contributed by atoms with van der Waals surface area (Å²) in [5, 5.41) is 0. The van der Waals surface area contributed by atoms with E-state index in [-0.39, 0.29) is 0 Å². The van der Waals surface area contributed by atoms with Gasteiger partial charge < -0.3 is 0 Å². The lowest BCUT2D eigenvalue weighted by atomic mass is 10.3. The van der Waals surface area contributed by atoms with Gasteiger partial charge in [-0.05, 0) is 19.8 Å². The lowest BCUT2D eigenvalue weighted by Crippen LogP contribution is -1.86. The second-order valence-electron chi connectivity index (χ2n) is 2.04. The first-order chi connectivity index (χ1) is 4.31. The van der Waals surface area contributed by atoms with E-state index in [1.807, 2.05) is 13.5 Å². The van der Waals surface area contributed by atoms with Crippen LogP contribution in [-0.4, -0.2) is 5.71 Å². The molecule has 1 heteroatoms. The highest BCUT2D eigenvalue weighted by atomic mass is 14.7. The molecular formula is C8H15N. The van der Waals surface area contributed by atoms with Crippen LogP contribution in [0.2, 0.25) is 0 Å². The maximum Gasteiger partial charge on any atom is 0.0722 e. The normalized spacial score (nSPS) is 12.1. The van der Waals surface area contributed by atoms with E-state index in [0.717, 1.165) is 19.3 Å². The number of hydrogen-bond donors (Lipinski definition) is 0. The van der Waals surface area contributed by atoms with Gasteiger partial charge in [0, 0.05) is 5.71 Å². The molecule has 0 fully saturated rings. The molecule has 0 aromatic heterocycles. The first kappa shape index (κ1) is 8.67. The monoisotopic (exact) mass is 125 g/mol. The molecule has 0 aromatic carbocycles. The van der Waals surface area contributed by atoms with Crippen molar-refractivity contribution in [2.45, 2.75) is 33.1 Å². The summed E-state index contributed by atoms with van der Waals surface area (Å²) in [5.74, 6) is 0. The van der Waals surface area contributed by atoms with Crippen molar-refractivity contribution in [1.29, 1.82) is 0 Å². The smallest absolute Gasteiger partial charge is 0.0722 e. The maximum atomic E-state index is 4.18. The van der Waals surface area contributed by atoms with Gasteiger partial charge in [-0.15, -0.1) is 0 Å². The summed E-state index contributed by atoms with van der Waals surface area (Å²) in [6, 6.07) is 0. The minimum absolute atomic E-state index is 0.945. The molecular weight excluding hydrogens is 110 g/mol. The number of unbranched alkanes of at least 4 members (excludes halogenated alkanes) is 1. The van der Waals surface area contributed by atoms with Gasteiger partial charge in [0.25, 0.3) is 0 Å². The van der Waals surface area contributed by atoms with Crippen molar-refractivity contribution in [3.05, 3.63) is 13.5 Å². The predicted molar refractivity (Wildman–Crippen MR) is 42.3 cm³/mol. The van der Waals surface area contributed by atoms with Crippen LogP contribution < -0.4 is 0 Å². The zero-order valence-electron chi connectivity index (χ0n) is 6.35. The molecule has 0 aliphatic heterocycles. The highest BCUT2D eigenvalue weighted by Crippen LogP contribution is 1.94. The Morgan fingerprint density at radius 2 is 2.33 bits per heavy atom. The lowest BCUT2D eigenvalue weighted by molar-refractivity contribution is 0.948. The van der Waals surface area contributed by atoms with E-state index in [4.69, 9.17) is 0 Å². The number of hydrogen-bond acceptors (Lipinski definition) is 1. The summed E-state index contributed by atoms with van der Waals surface area (Å²) in [7, 11) is 0. The van der Waals surface area contributed by atoms with E-state index in [1.54, 1.807) is 0 Å². The fourth-order valence-electron chi connectivity index (χ4n) is 0.403. The Bertz CT molecular complexity index is 84.6. The van der Waals surface area contributed by atoms with Crippen molar-refractivity contribution >= 4 is 5.71 Å². The van der Waals surface area contributed by atoms with Crippen LogP contribution in [0.15, 0.2) is 4.99 Å². The summed E-state index contributed by atoms with van der Waals surface area (Å²) in [5.41, 5.74) is 1.20. The molecule has 0 atom stereocenters. The maximum absolute atomic E-state index is 4.18. The van der Waals surface area contributed by atoms with Gasteiger partial charge in [-0.2, -0.15) is 0 Å². The van der Waals surface area contributed by atoms with Gasteiger partial charge in [0.1, 0.15) is 0 Å². The van der Waals surface area contributed by atoms with Crippen LogP contribution >= 0.6 is 0 Å². The van der Waals surface area contributed by atoms with E-state index in [9.17, 15) is 0 Å². The van der Waals surface area contributed by atoms with Crippen molar-refractivity contribution in [2.75, 3.05) is 0 Å². The van der Waals surface area contributed by atoms with Crippen LogP contribution in [0, 0.1) is 13.5 Å². The number of aliphatic imine (C=N–C) groups is 1. The fraction of sp³-hybridized carbons (Fsp3) is 0.625. The SMILES string of the molecule is [CH2]CC[CH]N=C(C)CC. The van der Waals surface area contributed by atoms with Gasteiger partial charge in [0.15, 0.2) is 0 Å². The van der Waals surface area contributed by atoms with E-state index in [0.29, 0.717) is 0 Å². The van der Waals surface area contributed by atoms with E-state index >= 15 is 0 Å². The number of nitrogens with zero attached hydrogens (tertiary/aromatic N) is 1. The Morgan fingerprint density at radius 3 is 2.78 bits per heavy atom. The van der Waals surface area contributed by atoms with Gasteiger partial charge in [-0.3, -0.25) is 4.99 Å². The molecule has 0 rings (SSSR count). The van der Waals surface area contributed by atoms with Crippen LogP contribution in [0.25, 0.3) is 0 Å². The Balaban J connectivity index is 3.21. The Morgan fingerprint density at radius 1 is 1.67 bits per heavy atom. The Kier molecular flexibility index (Phi) is 5.59. The zero-order valence-corrected chi connectivity index (χ0v) is 6.35. The highest BCUT2D eigenvalue weighted by Gasteiger charge is 1.83. The molecule has 0 unspecified atom stereocenters. The van der Waals surface area contributed by atoms with Crippen LogP contribution in [0.5, 0.6) is 0 Å². The first-order valence-electron chi connectivity index (χ1n) is 3.45. The zero-order chi connectivity index (χ0) is 7.11. The van der Waals surface area contributed by atoms with Crippen LogP contribution in [0.3, 0.4) is 0 Å². The van der Waals surface area contributed by atoms with Gasteiger partial charge in [0.05, 0.1) is 6.54 Å². The Labute approximate surface area is 58.2 Å². The average molecular weight is 125 g/mol. The van der Waals surface area contributed by atoms with Gasteiger partial charge in [-0.25, -0.2) is 0 Å². The van der Waals surface area contributed by atoms with Crippen molar-refractivity contribution < 1.29 is 0 Å². The molecule has 1 nitrogen and oxygen atoms in total. The summed E-state index contributed by atoms with van der Waals surface area (Å²) in [6.07, 6.45) is 2.99. The molecule has 0 aliphatic carbocycles. The van der Waals surface area contributed by atoms with Gasteiger partial charge >= 0.3 is 0 Å². The molecule has 0 heterocycles. The lowest BCUT2D eigenvalue weighted by Gasteiger charge is -1.92. The Hall–Kier alpha value is -0.330. The number of rotatable bonds is 4.